The fraction of sp³-hybridized carbons (Fsp3) is 0.500. The Kier molecular flexibility index (Phi) is 3.97. The van der Waals surface area contributed by atoms with Gasteiger partial charge in [-0.15, -0.1) is 0 Å². The van der Waals surface area contributed by atoms with Crippen molar-refractivity contribution in [3.63, 3.8) is 0 Å². The molecule has 0 aliphatic heterocycles. The van der Waals surface area contributed by atoms with Crippen LogP contribution in [0, 0.1) is 0 Å². The number of hydrogen-bond acceptors (Lipinski definition) is 0. The standard InChI is InChI=1S/C12H19ClN/c1-4-14(5-2,6-3)12-10-8-7-9-11(12)13/h7-10H,4-6H2,1-3H3/q+1. The number of rotatable bonds is 4. The van der Waals surface area contributed by atoms with Crippen molar-refractivity contribution >= 4 is 17.3 Å². The zero-order chi connectivity index (χ0) is 10.6. The fourth-order valence-corrected chi connectivity index (χ4v) is 2.33. The van der Waals surface area contributed by atoms with Crippen LogP contribution in [-0.2, 0) is 0 Å². The first kappa shape index (κ1) is 11.5. The molecule has 78 valence electrons. The highest BCUT2D eigenvalue weighted by molar-refractivity contribution is 6.33. The van der Waals surface area contributed by atoms with Gasteiger partial charge in [-0.1, -0.05) is 23.7 Å². The number of para-hydroxylation sites is 1. The molecule has 1 aromatic carbocycles. The van der Waals surface area contributed by atoms with Crippen LogP contribution in [-0.4, -0.2) is 19.6 Å². The van der Waals surface area contributed by atoms with Crippen molar-refractivity contribution in [2.75, 3.05) is 19.6 Å². The minimum atomic E-state index is 0.887. The van der Waals surface area contributed by atoms with E-state index < -0.39 is 0 Å². The van der Waals surface area contributed by atoms with Crippen LogP contribution in [0.2, 0.25) is 5.02 Å². The largest absolute Gasteiger partial charge is 0.291 e. The van der Waals surface area contributed by atoms with Crippen molar-refractivity contribution < 1.29 is 0 Å². The van der Waals surface area contributed by atoms with E-state index in [0.29, 0.717) is 0 Å². The SMILES string of the molecule is CC[N+](CC)(CC)c1ccccc1Cl. The van der Waals surface area contributed by atoms with Gasteiger partial charge in [-0.3, -0.25) is 4.48 Å². The lowest BCUT2D eigenvalue weighted by atomic mass is 10.2. The van der Waals surface area contributed by atoms with E-state index in [2.05, 4.69) is 32.9 Å². The molecule has 1 rings (SSSR count). The molecule has 0 bridgehead atoms. The van der Waals surface area contributed by atoms with Gasteiger partial charge in [0.25, 0.3) is 0 Å². The van der Waals surface area contributed by atoms with Crippen LogP contribution in [0.15, 0.2) is 24.3 Å². The summed E-state index contributed by atoms with van der Waals surface area (Å²) >= 11 is 6.23. The Balaban J connectivity index is 3.17. The molecule has 2 heteroatoms. The predicted octanol–water partition coefficient (Wildman–Crippen LogP) is 3.71. The number of hydrogen-bond donors (Lipinski definition) is 0. The normalized spacial score (nSPS) is 11.7. The van der Waals surface area contributed by atoms with Crippen molar-refractivity contribution in [2.45, 2.75) is 20.8 Å². The maximum absolute atomic E-state index is 6.23. The Hall–Kier alpha value is -0.530. The van der Waals surface area contributed by atoms with Gasteiger partial charge in [0.15, 0.2) is 5.69 Å². The molecule has 1 aromatic rings. The monoisotopic (exact) mass is 212 g/mol. The van der Waals surface area contributed by atoms with Gasteiger partial charge in [-0.25, -0.2) is 0 Å². The highest BCUT2D eigenvalue weighted by Gasteiger charge is 2.26. The third-order valence-corrected chi connectivity index (χ3v) is 3.50. The topological polar surface area (TPSA) is 0 Å². The lowest BCUT2D eigenvalue weighted by Crippen LogP contribution is -2.48. The van der Waals surface area contributed by atoms with Crippen LogP contribution in [0.4, 0.5) is 5.69 Å². The third kappa shape index (κ3) is 1.94. The molecule has 0 fully saturated rings. The lowest BCUT2D eigenvalue weighted by Gasteiger charge is -2.35. The molecule has 0 heterocycles. The summed E-state index contributed by atoms with van der Waals surface area (Å²) in [6.07, 6.45) is 0. The number of nitrogens with zero attached hydrogens (tertiary/aromatic N) is 1. The molecule has 0 saturated heterocycles. The first-order chi connectivity index (χ1) is 6.70. The van der Waals surface area contributed by atoms with E-state index in [0.717, 1.165) is 29.1 Å². The molecule has 0 amide bonds. The van der Waals surface area contributed by atoms with Crippen molar-refractivity contribution in [1.29, 1.82) is 0 Å². The molecular formula is C12H19ClN+. The predicted molar refractivity (Wildman–Crippen MR) is 64.9 cm³/mol. The summed E-state index contributed by atoms with van der Waals surface area (Å²) in [6.45, 7) is 9.94. The molecule has 0 aromatic heterocycles. The smallest absolute Gasteiger partial charge is 0.151 e. The van der Waals surface area contributed by atoms with Crippen LogP contribution >= 0.6 is 11.6 Å². The fourth-order valence-electron chi connectivity index (χ4n) is 2.02. The van der Waals surface area contributed by atoms with E-state index in [4.69, 9.17) is 11.6 Å². The molecule has 0 unspecified atom stereocenters. The minimum absolute atomic E-state index is 0.887. The summed E-state index contributed by atoms with van der Waals surface area (Å²) in [7, 11) is 0. The molecular weight excluding hydrogens is 194 g/mol. The number of benzene rings is 1. The van der Waals surface area contributed by atoms with Crippen molar-refractivity contribution in [3.05, 3.63) is 29.3 Å². The maximum Gasteiger partial charge on any atom is 0.151 e. The molecule has 1 nitrogen and oxygen atoms in total. The highest BCUT2D eigenvalue weighted by atomic mass is 35.5. The van der Waals surface area contributed by atoms with Crippen molar-refractivity contribution in [3.8, 4) is 0 Å². The van der Waals surface area contributed by atoms with Crippen molar-refractivity contribution in [1.82, 2.24) is 4.48 Å². The van der Waals surface area contributed by atoms with E-state index in [1.165, 1.54) is 5.69 Å². The number of halogens is 1. The average molecular weight is 213 g/mol. The molecule has 0 spiro atoms. The molecule has 0 radical (unpaired) electrons. The van der Waals surface area contributed by atoms with E-state index in [1.54, 1.807) is 0 Å². The van der Waals surface area contributed by atoms with Gasteiger partial charge in [-0.2, -0.15) is 0 Å². The van der Waals surface area contributed by atoms with E-state index >= 15 is 0 Å². The van der Waals surface area contributed by atoms with Crippen LogP contribution in [0.5, 0.6) is 0 Å². The summed E-state index contributed by atoms with van der Waals surface area (Å²) in [6, 6.07) is 8.17. The summed E-state index contributed by atoms with van der Waals surface area (Å²) < 4.78 is 0.972. The molecule has 0 saturated carbocycles. The Morgan fingerprint density at radius 3 is 1.93 bits per heavy atom. The summed E-state index contributed by atoms with van der Waals surface area (Å²) in [5.74, 6) is 0. The zero-order valence-electron chi connectivity index (χ0n) is 9.26. The van der Waals surface area contributed by atoms with Gasteiger partial charge in [-0.05, 0) is 26.8 Å². The summed E-state index contributed by atoms with van der Waals surface area (Å²) in [4.78, 5) is 0. The summed E-state index contributed by atoms with van der Waals surface area (Å²) in [5.41, 5.74) is 1.25. The van der Waals surface area contributed by atoms with Crippen LogP contribution in [0.1, 0.15) is 20.8 Å². The Morgan fingerprint density at radius 2 is 1.50 bits per heavy atom. The molecule has 0 N–H and O–H groups in total. The minimum Gasteiger partial charge on any atom is -0.291 e. The van der Waals surface area contributed by atoms with Gasteiger partial charge in [0.1, 0.15) is 5.02 Å². The summed E-state index contributed by atoms with van der Waals surface area (Å²) in [5, 5.41) is 0.887. The highest BCUT2D eigenvalue weighted by Crippen LogP contribution is 2.30. The Morgan fingerprint density at radius 1 is 1.00 bits per heavy atom. The third-order valence-electron chi connectivity index (χ3n) is 3.18. The number of quaternary nitrogens is 1. The maximum atomic E-state index is 6.23. The van der Waals surface area contributed by atoms with Crippen LogP contribution in [0.25, 0.3) is 0 Å². The van der Waals surface area contributed by atoms with E-state index in [9.17, 15) is 0 Å². The second-order valence-electron chi connectivity index (χ2n) is 3.55. The van der Waals surface area contributed by atoms with Crippen LogP contribution in [0.3, 0.4) is 0 Å². The quantitative estimate of drug-likeness (QED) is 0.668. The van der Waals surface area contributed by atoms with E-state index in [-0.39, 0.29) is 0 Å². The van der Waals surface area contributed by atoms with Gasteiger partial charge < -0.3 is 0 Å². The first-order valence-corrected chi connectivity index (χ1v) is 5.69. The zero-order valence-corrected chi connectivity index (χ0v) is 10.0. The van der Waals surface area contributed by atoms with Gasteiger partial charge in [0, 0.05) is 6.07 Å². The Labute approximate surface area is 91.9 Å². The van der Waals surface area contributed by atoms with Gasteiger partial charge >= 0.3 is 0 Å². The Bertz CT molecular complexity index is 284. The second-order valence-corrected chi connectivity index (χ2v) is 3.95. The lowest BCUT2D eigenvalue weighted by molar-refractivity contribution is 0.316. The first-order valence-electron chi connectivity index (χ1n) is 5.31. The van der Waals surface area contributed by atoms with Crippen LogP contribution < -0.4 is 4.48 Å². The van der Waals surface area contributed by atoms with Gasteiger partial charge in [0.05, 0.1) is 19.6 Å². The average Bonchev–Trinajstić information content (AvgIpc) is 2.24. The van der Waals surface area contributed by atoms with Crippen molar-refractivity contribution in [2.24, 2.45) is 0 Å². The molecule has 0 atom stereocenters. The van der Waals surface area contributed by atoms with Gasteiger partial charge in [0.2, 0.25) is 0 Å². The molecule has 0 aliphatic carbocycles. The second kappa shape index (κ2) is 4.81. The van der Waals surface area contributed by atoms with E-state index in [1.807, 2.05) is 12.1 Å². The molecule has 0 aliphatic rings. The molecule has 14 heavy (non-hydrogen) atoms.